The van der Waals surface area contributed by atoms with Crippen molar-refractivity contribution in [1.29, 1.82) is 0 Å². The lowest BCUT2D eigenvalue weighted by Crippen LogP contribution is -2.12. The summed E-state index contributed by atoms with van der Waals surface area (Å²) in [7, 11) is 0. The Morgan fingerprint density at radius 1 is 0.175 bits per heavy atom. The van der Waals surface area contributed by atoms with Gasteiger partial charge in [0.2, 0.25) is 0 Å². The van der Waals surface area contributed by atoms with Crippen LogP contribution < -0.4 is 4.90 Å². The zero-order valence-corrected chi connectivity index (χ0v) is 34.8. The summed E-state index contributed by atoms with van der Waals surface area (Å²) in [6.45, 7) is 0. The summed E-state index contributed by atoms with van der Waals surface area (Å²) in [6, 6.07) is 94.5. The first-order valence-electron chi connectivity index (χ1n) is 21.7. The summed E-state index contributed by atoms with van der Waals surface area (Å²) in [5.41, 5.74) is 17.8. The molecule has 0 radical (unpaired) electrons. The maximum atomic E-state index is 2.45. The molecular formula is C62H43N. The van der Waals surface area contributed by atoms with E-state index < -0.39 is 0 Å². The van der Waals surface area contributed by atoms with E-state index in [-0.39, 0.29) is 0 Å². The minimum absolute atomic E-state index is 1.09. The van der Waals surface area contributed by atoms with Crippen LogP contribution in [0.15, 0.2) is 261 Å². The van der Waals surface area contributed by atoms with Crippen molar-refractivity contribution in [3.63, 3.8) is 0 Å². The van der Waals surface area contributed by atoms with E-state index in [4.69, 9.17) is 0 Å². The van der Waals surface area contributed by atoms with Gasteiger partial charge in [0, 0.05) is 22.3 Å². The van der Waals surface area contributed by atoms with E-state index >= 15 is 0 Å². The van der Waals surface area contributed by atoms with Crippen LogP contribution >= 0.6 is 0 Å². The lowest BCUT2D eigenvalue weighted by molar-refractivity contribution is 1.30. The molecule has 63 heavy (non-hydrogen) atoms. The molecule has 0 atom stereocenters. The molecule has 0 aliphatic carbocycles. The predicted octanol–water partition coefficient (Wildman–Crippen LogP) is 17.5. The smallest absolute Gasteiger partial charge is 0.0624 e. The second kappa shape index (κ2) is 16.7. The van der Waals surface area contributed by atoms with Gasteiger partial charge in [-0.15, -0.1) is 0 Å². The van der Waals surface area contributed by atoms with Gasteiger partial charge in [-0.25, -0.2) is 0 Å². The van der Waals surface area contributed by atoms with Crippen LogP contribution in [0.2, 0.25) is 0 Å². The van der Waals surface area contributed by atoms with Gasteiger partial charge in [-0.1, -0.05) is 237 Å². The molecule has 11 aromatic rings. The monoisotopic (exact) mass is 801 g/mol. The second-order valence-electron chi connectivity index (χ2n) is 16.1. The molecule has 0 aliphatic heterocycles. The number of rotatable bonds is 9. The van der Waals surface area contributed by atoms with E-state index in [2.05, 4.69) is 266 Å². The Balaban J connectivity index is 0.984. The summed E-state index contributed by atoms with van der Waals surface area (Å²) in [4.78, 5) is 2.45. The fourth-order valence-corrected chi connectivity index (χ4v) is 9.09. The first-order valence-corrected chi connectivity index (χ1v) is 21.7. The van der Waals surface area contributed by atoms with Crippen LogP contribution in [0, 0.1) is 0 Å². The number of nitrogens with zero attached hydrogens (tertiary/aromatic N) is 1. The van der Waals surface area contributed by atoms with Crippen LogP contribution in [0.4, 0.5) is 17.1 Å². The van der Waals surface area contributed by atoms with Crippen LogP contribution in [0.1, 0.15) is 0 Å². The molecule has 11 rings (SSSR count). The molecule has 1 nitrogen and oxygen atoms in total. The first-order chi connectivity index (χ1) is 31.2. The maximum Gasteiger partial charge on any atom is 0.0624 e. The maximum absolute atomic E-state index is 2.45. The van der Waals surface area contributed by atoms with Gasteiger partial charge in [0.15, 0.2) is 0 Å². The zero-order chi connectivity index (χ0) is 42.0. The number of fused-ring (bicyclic) bond motifs is 3. The van der Waals surface area contributed by atoms with Gasteiger partial charge in [-0.05, 0) is 102 Å². The molecule has 0 N–H and O–H groups in total. The molecule has 0 aromatic heterocycles. The molecule has 0 amide bonds. The average molecular weight is 802 g/mol. The van der Waals surface area contributed by atoms with Crippen molar-refractivity contribution in [1.82, 2.24) is 0 Å². The number of hydrogen-bond acceptors (Lipinski definition) is 1. The van der Waals surface area contributed by atoms with Crippen molar-refractivity contribution < 1.29 is 0 Å². The Labute approximate surface area is 369 Å². The normalized spacial score (nSPS) is 11.2. The van der Waals surface area contributed by atoms with E-state index in [0.29, 0.717) is 0 Å². The van der Waals surface area contributed by atoms with Gasteiger partial charge < -0.3 is 4.90 Å². The molecule has 0 saturated carbocycles. The van der Waals surface area contributed by atoms with Gasteiger partial charge in [0.05, 0.1) is 5.69 Å². The molecule has 0 fully saturated rings. The van der Waals surface area contributed by atoms with E-state index in [1.165, 1.54) is 88.3 Å². The van der Waals surface area contributed by atoms with Crippen molar-refractivity contribution in [2.75, 3.05) is 4.90 Å². The lowest BCUT2D eigenvalue weighted by atomic mass is 9.89. The highest BCUT2D eigenvalue weighted by Crippen LogP contribution is 2.49. The predicted molar refractivity (Wildman–Crippen MR) is 269 cm³/mol. The standard InChI is InChI=1S/C62H43N/c1-4-14-44(15-5-1)46-24-28-48(29-25-46)49-32-34-51(35-33-49)53-40-42-56(43-41-53)63(55-18-8-3-9-19-55)62-60-23-13-11-21-58(60)57-20-10-12-22-59(57)61(62)54-38-36-52(37-39-54)50-30-26-47(27-31-50)45-16-6-2-7-17-45/h1-43H. The highest BCUT2D eigenvalue weighted by molar-refractivity contribution is 6.22. The third-order valence-corrected chi connectivity index (χ3v) is 12.3. The van der Waals surface area contributed by atoms with Gasteiger partial charge in [0.1, 0.15) is 0 Å². The molecule has 0 aliphatic rings. The summed E-state index contributed by atoms with van der Waals surface area (Å²) in [5, 5.41) is 4.89. The van der Waals surface area contributed by atoms with Gasteiger partial charge in [-0.2, -0.15) is 0 Å². The molecule has 11 aromatic carbocycles. The van der Waals surface area contributed by atoms with Crippen LogP contribution in [-0.2, 0) is 0 Å². The fraction of sp³-hybridized carbons (Fsp3) is 0. The van der Waals surface area contributed by atoms with Crippen molar-refractivity contribution in [2.24, 2.45) is 0 Å². The van der Waals surface area contributed by atoms with E-state index in [1.54, 1.807) is 0 Å². The average Bonchev–Trinajstić information content (AvgIpc) is 3.38. The summed E-state index contributed by atoms with van der Waals surface area (Å²) in [5.74, 6) is 0. The third kappa shape index (κ3) is 7.37. The van der Waals surface area contributed by atoms with E-state index in [0.717, 1.165) is 17.1 Å². The molecule has 0 heterocycles. The van der Waals surface area contributed by atoms with Gasteiger partial charge in [-0.3, -0.25) is 0 Å². The third-order valence-electron chi connectivity index (χ3n) is 12.3. The topological polar surface area (TPSA) is 3.24 Å². The van der Waals surface area contributed by atoms with Crippen LogP contribution in [-0.4, -0.2) is 0 Å². The molecule has 1 heteroatoms. The van der Waals surface area contributed by atoms with Crippen LogP contribution in [0.25, 0.3) is 88.3 Å². The molecule has 0 unspecified atom stereocenters. The SMILES string of the molecule is c1ccc(-c2ccc(-c3ccc(-c4ccc(N(c5ccccc5)c5c(-c6ccc(-c7ccc(-c8ccccc8)cc7)cc6)c6ccccc6c6ccccc56)cc4)cc3)cc2)cc1. The Bertz CT molecular complexity index is 3300. The summed E-state index contributed by atoms with van der Waals surface area (Å²) in [6.07, 6.45) is 0. The van der Waals surface area contributed by atoms with E-state index in [9.17, 15) is 0 Å². The molecule has 0 bridgehead atoms. The van der Waals surface area contributed by atoms with Gasteiger partial charge in [0.25, 0.3) is 0 Å². The van der Waals surface area contributed by atoms with Crippen molar-refractivity contribution >= 4 is 38.6 Å². The minimum Gasteiger partial charge on any atom is -0.309 e. The highest BCUT2D eigenvalue weighted by Gasteiger charge is 2.23. The van der Waals surface area contributed by atoms with Crippen molar-refractivity contribution in [3.8, 4) is 66.8 Å². The first kappa shape index (κ1) is 37.7. The number of para-hydroxylation sites is 1. The second-order valence-corrected chi connectivity index (χ2v) is 16.1. The zero-order valence-electron chi connectivity index (χ0n) is 34.8. The Kier molecular flexibility index (Phi) is 9.97. The number of benzene rings is 11. The summed E-state index contributed by atoms with van der Waals surface area (Å²) >= 11 is 0. The van der Waals surface area contributed by atoms with Crippen molar-refractivity contribution in [3.05, 3.63) is 261 Å². The largest absolute Gasteiger partial charge is 0.309 e. The highest BCUT2D eigenvalue weighted by atomic mass is 15.1. The van der Waals surface area contributed by atoms with Crippen LogP contribution in [0.3, 0.4) is 0 Å². The van der Waals surface area contributed by atoms with Gasteiger partial charge >= 0.3 is 0 Å². The summed E-state index contributed by atoms with van der Waals surface area (Å²) < 4.78 is 0. The Morgan fingerprint density at radius 2 is 0.429 bits per heavy atom. The van der Waals surface area contributed by atoms with Crippen LogP contribution in [0.5, 0.6) is 0 Å². The lowest BCUT2D eigenvalue weighted by Gasteiger charge is -2.30. The molecule has 296 valence electrons. The minimum atomic E-state index is 1.09. The van der Waals surface area contributed by atoms with Crippen molar-refractivity contribution in [2.45, 2.75) is 0 Å². The Hall–Kier alpha value is -8.26. The van der Waals surface area contributed by atoms with E-state index in [1.807, 2.05) is 0 Å². The number of anilines is 3. The Morgan fingerprint density at radius 3 is 0.825 bits per heavy atom. The fourth-order valence-electron chi connectivity index (χ4n) is 9.09. The number of hydrogen-bond donors (Lipinski definition) is 0. The molecule has 0 saturated heterocycles. The quantitative estimate of drug-likeness (QED) is 0.131. The molecule has 0 spiro atoms. The molecular weight excluding hydrogens is 759 g/mol.